The zero-order valence-corrected chi connectivity index (χ0v) is 16.1. The summed E-state index contributed by atoms with van der Waals surface area (Å²) in [7, 11) is 0. The van der Waals surface area contributed by atoms with Crippen LogP contribution in [0.5, 0.6) is 0 Å². The molecule has 0 aromatic heterocycles. The highest BCUT2D eigenvalue weighted by Crippen LogP contribution is 2.14. The second kappa shape index (κ2) is 9.79. The number of nitrogens with zero attached hydrogens (tertiary/aromatic N) is 1. The predicted octanol–water partition coefficient (Wildman–Crippen LogP) is 3.16. The Labute approximate surface area is 168 Å². The van der Waals surface area contributed by atoms with Crippen LogP contribution in [0.1, 0.15) is 30.1 Å². The van der Waals surface area contributed by atoms with Crippen LogP contribution in [0.2, 0.25) is 0 Å². The number of carbonyl (C=O) groups is 2. The lowest BCUT2D eigenvalue weighted by atomic mass is 10.2. The Bertz CT molecular complexity index is 910. The van der Waals surface area contributed by atoms with E-state index in [1.807, 2.05) is 0 Å². The fourth-order valence-electron chi connectivity index (χ4n) is 2.92. The molecule has 2 aromatic carbocycles. The van der Waals surface area contributed by atoms with Crippen molar-refractivity contribution in [3.8, 4) is 0 Å². The molecule has 1 aliphatic heterocycles. The van der Waals surface area contributed by atoms with Crippen LogP contribution in [-0.4, -0.2) is 37.0 Å². The third kappa shape index (κ3) is 6.39. The average Bonchev–Trinajstić information content (AvgIpc) is 3.19. The first-order valence-electron chi connectivity index (χ1n) is 9.37. The van der Waals surface area contributed by atoms with Gasteiger partial charge in [-0.15, -0.1) is 0 Å². The second-order valence-corrected chi connectivity index (χ2v) is 6.68. The predicted molar refractivity (Wildman–Crippen MR) is 110 cm³/mol. The molecule has 8 heteroatoms. The molecule has 3 N–H and O–H groups in total. The standard InChI is InChI=1S/C21H23FN4O3/c1-14(27)24-17-7-2-5-15(11-17)20(28)26-21(23-13-19-9-4-10-29-19)25-18-8-3-6-16(22)12-18/h2-3,5-8,11-12,19H,4,9-10,13H2,1H3,(H,24,27)(H2,23,25,26,28). The monoisotopic (exact) mass is 398 g/mol. The second-order valence-electron chi connectivity index (χ2n) is 6.68. The van der Waals surface area contributed by atoms with Crippen molar-refractivity contribution in [3.63, 3.8) is 0 Å². The molecule has 2 aromatic rings. The highest BCUT2D eigenvalue weighted by Gasteiger charge is 2.16. The number of hydrogen-bond donors (Lipinski definition) is 3. The molecule has 0 saturated carbocycles. The van der Waals surface area contributed by atoms with Gasteiger partial charge in [0.1, 0.15) is 5.82 Å². The van der Waals surface area contributed by atoms with Gasteiger partial charge in [-0.25, -0.2) is 9.38 Å². The number of halogens is 1. The molecule has 1 saturated heterocycles. The maximum absolute atomic E-state index is 13.5. The Hall–Kier alpha value is -3.26. The number of ether oxygens (including phenoxy) is 1. The number of rotatable bonds is 5. The van der Waals surface area contributed by atoms with Gasteiger partial charge < -0.3 is 15.4 Å². The van der Waals surface area contributed by atoms with E-state index in [1.165, 1.54) is 19.1 Å². The van der Waals surface area contributed by atoms with Crippen molar-refractivity contribution in [2.45, 2.75) is 25.9 Å². The maximum Gasteiger partial charge on any atom is 0.258 e. The summed E-state index contributed by atoms with van der Waals surface area (Å²) >= 11 is 0. The van der Waals surface area contributed by atoms with Crippen molar-refractivity contribution < 1.29 is 18.7 Å². The van der Waals surface area contributed by atoms with Crippen LogP contribution < -0.4 is 16.0 Å². The van der Waals surface area contributed by atoms with Gasteiger partial charge in [0, 0.05) is 30.5 Å². The lowest BCUT2D eigenvalue weighted by molar-refractivity contribution is -0.114. The normalized spacial score (nSPS) is 16.3. The molecule has 0 aliphatic carbocycles. The summed E-state index contributed by atoms with van der Waals surface area (Å²) in [5, 5.41) is 8.30. The Kier molecular flexibility index (Phi) is 6.91. The number of hydrogen-bond acceptors (Lipinski definition) is 4. The molecule has 2 amide bonds. The molecule has 1 aliphatic rings. The summed E-state index contributed by atoms with van der Waals surface area (Å²) in [5.41, 5.74) is 1.33. The van der Waals surface area contributed by atoms with Crippen molar-refractivity contribution in [3.05, 3.63) is 59.9 Å². The summed E-state index contributed by atoms with van der Waals surface area (Å²) in [4.78, 5) is 28.4. The van der Waals surface area contributed by atoms with E-state index in [9.17, 15) is 14.0 Å². The Morgan fingerprint density at radius 1 is 1.14 bits per heavy atom. The molecule has 3 rings (SSSR count). The van der Waals surface area contributed by atoms with E-state index in [0.717, 1.165) is 12.8 Å². The van der Waals surface area contributed by atoms with Crippen LogP contribution in [-0.2, 0) is 9.53 Å². The maximum atomic E-state index is 13.5. The van der Waals surface area contributed by atoms with Gasteiger partial charge >= 0.3 is 0 Å². The van der Waals surface area contributed by atoms with E-state index >= 15 is 0 Å². The molecule has 0 spiro atoms. The van der Waals surface area contributed by atoms with Crippen LogP contribution in [0, 0.1) is 5.82 Å². The van der Waals surface area contributed by atoms with Crippen molar-refractivity contribution in [2.24, 2.45) is 4.99 Å². The number of anilines is 2. The van der Waals surface area contributed by atoms with E-state index < -0.39 is 11.7 Å². The van der Waals surface area contributed by atoms with Crippen LogP contribution in [0.25, 0.3) is 0 Å². The summed E-state index contributed by atoms with van der Waals surface area (Å²) in [6.45, 7) is 2.48. The van der Waals surface area contributed by atoms with Crippen molar-refractivity contribution in [2.75, 3.05) is 23.8 Å². The number of amides is 2. The van der Waals surface area contributed by atoms with Crippen molar-refractivity contribution >= 4 is 29.1 Å². The number of guanidine groups is 1. The van der Waals surface area contributed by atoms with Crippen molar-refractivity contribution in [1.29, 1.82) is 0 Å². The van der Waals surface area contributed by atoms with Gasteiger partial charge in [0.05, 0.1) is 12.6 Å². The molecule has 152 valence electrons. The van der Waals surface area contributed by atoms with E-state index in [2.05, 4.69) is 20.9 Å². The zero-order chi connectivity index (χ0) is 20.6. The fourth-order valence-corrected chi connectivity index (χ4v) is 2.92. The highest BCUT2D eigenvalue weighted by atomic mass is 19.1. The van der Waals surface area contributed by atoms with E-state index in [4.69, 9.17) is 4.74 Å². The third-order valence-electron chi connectivity index (χ3n) is 4.24. The van der Waals surface area contributed by atoms with Gasteiger partial charge in [0.15, 0.2) is 0 Å². The van der Waals surface area contributed by atoms with Gasteiger partial charge in [-0.05, 0) is 49.2 Å². The first kappa shape index (κ1) is 20.5. The number of nitrogens with one attached hydrogen (secondary N) is 3. The van der Waals surface area contributed by atoms with Crippen LogP contribution in [0.3, 0.4) is 0 Å². The topological polar surface area (TPSA) is 91.8 Å². The van der Waals surface area contributed by atoms with Gasteiger partial charge in [0.2, 0.25) is 11.9 Å². The molecule has 1 unspecified atom stereocenters. The first-order chi connectivity index (χ1) is 14.0. The molecular formula is C21H23FN4O3. The van der Waals surface area contributed by atoms with E-state index in [1.54, 1.807) is 36.4 Å². The molecule has 1 fully saturated rings. The number of aliphatic imine (C=N–C) groups is 1. The first-order valence-corrected chi connectivity index (χ1v) is 9.37. The van der Waals surface area contributed by atoms with Gasteiger partial charge in [-0.2, -0.15) is 0 Å². The van der Waals surface area contributed by atoms with Gasteiger partial charge in [-0.3, -0.25) is 14.9 Å². The summed E-state index contributed by atoms with van der Waals surface area (Å²) in [5.74, 6) is -0.842. The molecule has 7 nitrogen and oxygen atoms in total. The Morgan fingerprint density at radius 2 is 1.90 bits per heavy atom. The SMILES string of the molecule is CC(=O)Nc1cccc(C(=O)NC(=NCC2CCCO2)Nc2cccc(F)c2)c1. The van der Waals surface area contributed by atoms with Crippen molar-refractivity contribution in [1.82, 2.24) is 5.32 Å². The minimum absolute atomic E-state index is 0.000643. The summed E-state index contributed by atoms with van der Waals surface area (Å²) < 4.78 is 19.1. The van der Waals surface area contributed by atoms with E-state index in [0.29, 0.717) is 30.1 Å². The quantitative estimate of drug-likeness (QED) is 0.533. The van der Waals surface area contributed by atoms with Gasteiger partial charge in [0.25, 0.3) is 5.91 Å². The summed E-state index contributed by atoms with van der Waals surface area (Å²) in [6.07, 6.45) is 1.89. The van der Waals surface area contributed by atoms with Crippen LogP contribution in [0.15, 0.2) is 53.5 Å². The average molecular weight is 398 g/mol. The molecule has 0 radical (unpaired) electrons. The highest BCUT2D eigenvalue weighted by molar-refractivity contribution is 6.10. The fraction of sp³-hybridized carbons (Fsp3) is 0.286. The largest absolute Gasteiger partial charge is 0.376 e. The summed E-state index contributed by atoms with van der Waals surface area (Å²) in [6, 6.07) is 12.4. The minimum Gasteiger partial charge on any atom is -0.376 e. The lowest BCUT2D eigenvalue weighted by Crippen LogP contribution is -2.36. The van der Waals surface area contributed by atoms with Gasteiger partial charge in [-0.1, -0.05) is 12.1 Å². The molecule has 29 heavy (non-hydrogen) atoms. The zero-order valence-electron chi connectivity index (χ0n) is 16.1. The molecule has 1 atom stereocenters. The Balaban J connectivity index is 1.75. The lowest BCUT2D eigenvalue weighted by Gasteiger charge is -2.14. The number of carbonyl (C=O) groups excluding carboxylic acids is 2. The van der Waals surface area contributed by atoms with Crippen LogP contribution >= 0.6 is 0 Å². The molecule has 1 heterocycles. The third-order valence-corrected chi connectivity index (χ3v) is 4.24. The molecule has 0 bridgehead atoms. The van der Waals surface area contributed by atoms with E-state index in [-0.39, 0.29) is 18.0 Å². The minimum atomic E-state index is -0.410. The smallest absolute Gasteiger partial charge is 0.258 e. The molecular weight excluding hydrogens is 375 g/mol. The Morgan fingerprint density at radius 3 is 2.59 bits per heavy atom. The van der Waals surface area contributed by atoms with Crippen LogP contribution in [0.4, 0.5) is 15.8 Å². The number of benzene rings is 2.